The van der Waals surface area contributed by atoms with Crippen LogP contribution in [0, 0.1) is 5.41 Å². The summed E-state index contributed by atoms with van der Waals surface area (Å²) in [4.78, 5) is 37.8. The Labute approximate surface area is 236 Å². The van der Waals surface area contributed by atoms with E-state index < -0.39 is 41.2 Å². The van der Waals surface area contributed by atoms with Gasteiger partial charge in [-0.15, -0.1) is 5.10 Å². The zero-order chi connectivity index (χ0) is 29.6. The average Bonchev–Trinajstić information content (AvgIpc) is 3.62. The topological polar surface area (TPSA) is 161 Å². The number of benzene rings is 2. The number of aliphatic hydroxyl groups is 1. The number of esters is 1. The fraction of sp³-hybridized carbons (Fsp3) is 0.367. The van der Waals surface area contributed by atoms with Crippen LogP contribution >= 0.6 is 0 Å². The molecule has 0 saturated carbocycles. The number of hydrogen-bond acceptors (Lipinski definition) is 9. The van der Waals surface area contributed by atoms with Crippen LogP contribution in [0.4, 0.5) is 0 Å². The molecule has 0 radical (unpaired) electrons. The third-order valence-corrected chi connectivity index (χ3v) is 6.73. The van der Waals surface area contributed by atoms with E-state index in [4.69, 9.17) is 13.6 Å². The molecule has 0 aliphatic heterocycles. The van der Waals surface area contributed by atoms with Gasteiger partial charge in [-0.1, -0.05) is 80.6 Å². The number of hydrogen-bond donors (Lipinski definition) is 3. The number of amides is 1. The van der Waals surface area contributed by atoms with E-state index in [1.54, 1.807) is 6.92 Å². The smallest absolute Gasteiger partial charge is 0.457 e. The molecule has 11 heteroatoms. The number of nitrogens with zero attached hydrogens (tertiary/aromatic N) is 2. The molecule has 2 atom stereocenters. The Morgan fingerprint density at radius 3 is 2.32 bits per heavy atom. The Morgan fingerprint density at radius 2 is 1.71 bits per heavy atom. The molecular formula is C30H34N4O7. The lowest BCUT2D eigenvalue weighted by Crippen LogP contribution is -2.44. The van der Waals surface area contributed by atoms with Gasteiger partial charge in [-0.2, -0.15) is 0 Å². The van der Waals surface area contributed by atoms with Crippen molar-refractivity contribution < 1.29 is 28.3 Å². The molecule has 0 bridgehead atoms. The number of aliphatic hydroxyl groups excluding tert-OH is 1. The van der Waals surface area contributed by atoms with E-state index in [1.807, 2.05) is 75.4 Å². The fourth-order valence-corrected chi connectivity index (χ4v) is 4.53. The molecule has 2 aromatic carbocycles. The van der Waals surface area contributed by atoms with E-state index in [0.717, 1.165) is 16.7 Å². The lowest BCUT2D eigenvalue weighted by Gasteiger charge is -2.30. The first-order chi connectivity index (χ1) is 19.5. The first kappa shape index (κ1) is 29.5. The van der Waals surface area contributed by atoms with Crippen molar-refractivity contribution in [3.8, 4) is 11.1 Å². The molecule has 3 N–H and O–H groups in total. The number of carbonyl (C=O) groups is 2. The van der Waals surface area contributed by atoms with Crippen molar-refractivity contribution in [1.29, 1.82) is 0 Å². The van der Waals surface area contributed by atoms with Crippen LogP contribution in [0.3, 0.4) is 0 Å². The minimum absolute atomic E-state index is 0.0494. The lowest BCUT2D eigenvalue weighted by molar-refractivity contribution is -0.160. The summed E-state index contributed by atoms with van der Waals surface area (Å²) in [6, 6.07) is 17.3. The van der Waals surface area contributed by atoms with Crippen LogP contribution in [-0.4, -0.2) is 45.0 Å². The number of carbonyl (C=O) groups excluding carboxylic acids is 2. The number of H-pyrrole nitrogens is 1. The fourth-order valence-electron chi connectivity index (χ4n) is 4.53. The number of rotatable bonds is 11. The molecular weight excluding hydrogens is 528 g/mol. The Hall–Kier alpha value is -4.51. The highest BCUT2D eigenvalue weighted by Gasteiger charge is 2.38. The summed E-state index contributed by atoms with van der Waals surface area (Å²) in [7, 11) is 0. The van der Waals surface area contributed by atoms with E-state index in [0.29, 0.717) is 6.42 Å². The highest BCUT2D eigenvalue weighted by molar-refractivity contribution is 5.92. The van der Waals surface area contributed by atoms with Crippen molar-refractivity contribution >= 4 is 11.9 Å². The maximum Gasteiger partial charge on any atom is 0.519 e. The van der Waals surface area contributed by atoms with E-state index >= 15 is 0 Å². The van der Waals surface area contributed by atoms with E-state index in [1.165, 1.54) is 6.20 Å². The molecule has 0 spiro atoms. The Bertz CT molecular complexity index is 1500. The van der Waals surface area contributed by atoms with Gasteiger partial charge in [0.05, 0.1) is 18.2 Å². The zero-order valence-corrected chi connectivity index (χ0v) is 23.5. The minimum atomic E-state index is -1.39. The van der Waals surface area contributed by atoms with Crippen LogP contribution in [-0.2, 0) is 28.0 Å². The Balaban J connectivity index is 1.52. The van der Waals surface area contributed by atoms with Gasteiger partial charge in [0.15, 0.2) is 23.8 Å². The second kappa shape index (κ2) is 12.3. The standard InChI is InChI=1S/C30H34N4O7/c1-29(2,3)25-24(40-28(38)41-25)17-39-27(37)30(4,18-35)15-22(32-26(36)23-16-31-34-33-23)14-19-10-12-21(13-11-19)20-8-6-5-7-9-20/h5-13,16,22,35H,14-15,17-18H2,1-4H3,(H,32,36)(H,31,33,34)/t22-,30?/m1/s1. The lowest BCUT2D eigenvalue weighted by atomic mass is 9.82. The molecule has 2 aromatic heterocycles. The highest BCUT2D eigenvalue weighted by atomic mass is 16.6. The molecule has 2 heterocycles. The quantitative estimate of drug-likeness (QED) is 0.231. The maximum atomic E-state index is 13.3. The van der Waals surface area contributed by atoms with Crippen LogP contribution in [0.1, 0.15) is 61.7 Å². The molecule has 0 fully saturated rings. The molecule has 1 unspecified atom stereocenters. The van der Waals surface area contributed by atoms with Crippen molar-refractivity contribution in [2.45, 2.75) is 58.6 Å². The van der Waals surface area contributed by atoms with Crippen LogP contribution < -0.4 is 11.1 Å². The normalized spacial score (nSPS) is 13.8. The molecule has 41 heavy (non-hydrogen) atoms. The number of nitrogens with one attached hydrogen (secondary N) is 2. The minimum Gasteiger partial charge on any atom is -0.457 e. The number of ether oxygens (including phenoxy) is 1. The molecule has 0 saturated heterocycles. The summed E-state index contributed by atoms with van der Waals surface area (Å²) in [5.41, 5.74) is 1.18. The van der Waals surface area contributed by atoms with Gasteiger partial charge in [-0.3, -0.25) is 14.7 Å². The van der Waals surface area contributed by atoms with Crippen molar-refractivity contribution in [2.75, 3.05) is 6.61 Å². The van der Waals surface area contributed by atoms with E-state index in [2.05, 4.69) is 20.7 Å². The van der Waals surface area contributed by atoms with Crippen molar-refractivity contribution in [3.05, 3.63) is 94.2 Å². The van der Waals surface area contributed by atoms with Gasteiger partial charge in [0.2, 0.25) is 0 Å². The summed E-state index contributed by atoms with van der Waals surface area (Å²) in [5, 5.41) is 23.1. The molecule has 0 aliphatic rings. The van der Waals surface area contributed by atoms with Gasteiger partial charge in [0.1, 0.15) is 0 Å². The third-order valence-electron chi connectivity index (χ3n) is 6.73. The second-order valence-corrected chi connectivity index (χ2v) is 11.3. The second-order valence-electron chi connectivity index (χ2n) is 11.3. The molecule has 4 rings (SSSR count). The van der Waals surface area contributed by atoms with Gasteiger partial charge in [-0.25, -0.2) is 4.79 Å². The summed E-state index contributed by atoms with van der Waals surface area (Å²) in [5.74, 6) is -1.71. The number of aromatic amines is 1. The first-order valence-electron chi connectivity index (χ1n) is 13.2. The summed E-state index contributed by atoms with van der Waals surface area (Å²) in [6.07, 6.45) is 1.78. The van der Waals surface area contributed by atoms with Crippen molar-refractivity contribution in [1.82, 2.24) is 20.7 Å². The first-order valence-corrected chi connectivity index (χ1v) is 13.2. The number of aromatic nitrogens is 3. The van der Waals surface area contributed by atoms with E-state index in [-0.39, 0.29) is 30.2 Å². The predicted octanol–water partition coefficient (Wildman–Crippen LogP) is 3.79. The van der Waals surface area contributed by atoms with Gasteiger partial charge in [0, 0.05) is 11.5 Å². The Morgan fingerprint density at radius 1 is 1.02 bits per heavy atom. The molecule has 4 aromatic rings. The molecule has 216 valence electrons. The Kier molecular flexibility index (Phi) is 8.87. The van der Waals surface area contributed by atoms with E-state index in [9.17, 15) is 19.5 Å². The highest BCUT2D eigenvalue weighted by Crippen LogP contribution is 2.30. The monoisotopic (exact) mass is 562 g/mol. The average molecular weight is 563 g/mol. The van der Waals surface area contributed by atoms with Crippen LogP contribution in [0.15, 0.2) is 74.4 Å². The summed E-state index contributed by atoms with van der Waals surface area (Å²) < 4.78 is 15.7. The largest absolute Gasteiger partial charge is 0.519 e. The van der Waals surface area contributed by atoms with Gasteiger partial charge in [-0.05, 0) is 36.5 Å². The summed E-state index contributed by atoms with van der Waals surface area (Å²) in [6.45, 7) is 6.16. The van der Waals surface area contributed by atoms with Gasteiger partial charge < -0.3 is 24.0 Å². The zero-order valence-electron chi connectivity index (χ0n) is 23.5. The van der Waals surface area contributed by atoms with Gasteiger partial charge >= 0.3 is 11.8 Å². The van der Waals surface area contributed by atoms with Crippen LogP contribution in [0.2, 0.25) is 0 Å². The molecule has 0 aliphatic carbocycles. The SMILES string of the molecule is CC(CO)(C[C@@H](Cc1ccc(-c2ccccc2)cc1)NC(=O)c1c[nH]nn1)C(=O)OCc1oc(=O)oc1C(C)(C)C. The molecule has 11 nitrogen and oxygen atoms in total. The third kappa shape index (κ3) is 7.37. The molecule has 1 amide bonds. The predicted molar refractivity (Wildman–Crippen MR) is 149 cm³/mol. The maximum absolute atomic E-state index is 13.3. The van der Waals surface area contributed by atoms with Crippen molar-refractivity contribution in [2.24, 2.45) is 5.41 Å². The van der Waals surface area contributed by atoms with Crippen molar-refractivity contribution in [3.63, 3.8) is 0 Å². The van der Waals surface area contributed by atoms with Gasteiger partial charge in [0.25, 0.3) is 5.91 Å². The van der Waals surface area contributed by atoms with Crippen LogP contribution in [0.5, 0.6) is 0 Å². The van der Waals surface area contributed by atoms with Crippen LogP contribution in [0.25, 0.3) is 11.1 Å². The summed E-state index contributed by atoms with van der Waals surface area (Å²) >= 11 is 0.